The zero-order valence-electron chi connectivity index (χ0n) is 19.2. The number of benzene rings is 1. The first kappa shape index (κ1) is 22.4. The average Bonchev–Trinajstić information content (AvgIpc) is 2.85. The number of aromatic nitrogens is 1. The summed E-state index contributed by atoms with van der Waals surface area (Å²) in [7, 11) is 0. The second-order valence-corrected chi connectivity index (χ2v) is 9.68. The first-order valence-electron chi connectivity index (χ1n) is 12.2. The molecule has 8 heteroatoms. The van der Waals surface area contributed by atoms with Crippen LogP contribution in [0.1, 0.15) is 60.5 Å². The number of nitrogens with zero attached hydrogens (tertiary/aromatic N) is 3. The molecule has 34 heavy (non-hydrogen) atoms. The lowest BCUT2D eigenvalue weighted by Crippen LogP contribution is -2.49. The second-order valence-electron chi connectivity index (χ2n) is 9.68. The number of carbonyl (C=O) groups excluding carboxylic acids is 1. The van der Waals surface area contributed by atoms with Gasteiger partial charge in [-0.1, -0.05) is 17.7 Å². The molecule has 2 aromatic rings. The van der Waals surface area contributed by atoms with Crippen LogP contribution >= 0.6 is 0 Å². The highest BCUT2D eigenvalue weighted by atomic mass is 16.6. The Morgan fingerprint density at radius 3 is 2.82 bits per heavy atom. The number of carbonyl (C=O) groups is 1. The molecule has 1 aromatic heterocycles. The topological polar surface area (TPSA) is 97.5 Å². The van der Waals surface area contributed by atoms with Crippen molar-refractivity contribution in [3.63, 3.8) is 0 Å². The molecule has 1 amide bonds. The summed E-state index contributed by atoms with van der Waals surface area (Å²) in [5.41, 5.74) is 3.09. The van der Waals surface area contributed by atoms with Crippen molar-refractivity contribution in [3.8, 4) is 0 Å². The Kier molecular flexibility index (Phi) is 6.22. The third kappa shape index (κ3) is 4.49. The van der Waals surface area contributed by atoms with Crippen molar-refractivity contribution in [1.29, 1.82) is 0 Å². The number of nitro groups is 1. The number of hydrogen-bond acceptors (Lipinski definition) is 5. The van der Waals surface area contributed by atoms with E-state index in [4.69, 9.17) is 0 Å². The summed E-state index contributed by atoms with van der Waals surface area (Å²) >= 11 is 0. The first-order chi connectivity index (χ1) is 16.5. The Hall–Kier alpha value is -3.42. The molecule has 2 atom stereocenters. The van der Waals surface area contributed by atoms with Crippen molar-refractivity contribution in [3.05, 3.63) is 79.8 Å². The van der Waals surface area contributed by atoms with E-state index in [1.807, 2.05) is 10.6 Å². The van der Waals surface area contributed by atoms with Crippen LogP contribution in [0.5, 0.6) is 0 Å². The Morgan fingerprint density at radius 2 is 2.03 bits per heavy atom. The summed E-state index contributed by atoms with van der Waals surface area (Å²) in [4.78, 5) is 38.7. The standard InChI is InChI=1S/C26H30N4O4/c31-25-8-4-7-23-21-13-19(16-29(23)25)15-28(17-21)26(32)20-9-10-22(24(14-20)30(33)34)27-12-11-18-5-2-1-3-6-18/h4-5,7-10,14,19,21,27H,1-3,6,11-13,15-17H2. The summed E-state index contributed by atoms with van der Waals surface area (Å²) in [6, 6.07) is 10.0. The number of fused-ring (bicyclic) bond motifs is 4. The lowest BCUT2D eigenvalue weighted by molar-refractivity contribution is -0.384. The predicted octanol–water partition coefficient (Wildman–Crippen LogP) is 4.32. The molecule has 2 aliphatic heterocycles. The van der Waals surface area contributed by atoms with E-state index < -0.39 is 4.92 Å². The molecular weight excluding hydrogens is 432 g/mol. The van der Waals surface area contributed by atoms with E-state index in [9.17, 15) is 19.7 Å². The number of hydrogen-bond donors (Lipinski definition) is 1. The number of anilines is 1. The molecule has 3 aliphatic rings. The van der Waals surface area contributed by atoms with Crippen LogP contribution in [0, 0.1) is 16.0 Å². The van der Waals surface area contributed by atoms with Crippen LogP contribution < -0.4 is 10.9 Å². The van der Waals surface area contributed by atoms with Gasteiger partial charge in [0.05, 0.1) is 4.92 Å². The molecule has 1 aliphatic carbocycles. The Labute approximate surface area is 198 Å². The molecule has 8 nitrogen and oxygen atoms in total. The molecule has 3 heterocycles. The van der Waals surface area contributed by atoms with Gasteiger partial charge in [0.1, 0.15) is 5.69 Å². The quantitative estimate of drug-likeness (QED) is 0.392. The normalized spacial score (nSPS) is 21.4. The molecule has 2 unspecified atom stereocenters. The van der Waals surface area contributed by atoms with Crippen molar-refractivity contribution in [1.82, 2.24) is 9.47 Å². The van der Waals surface area contributed by atoms with E-state index in [1.165, 1.54) is 24.5 Å². The highest BCUT2D eigenvalue weighted by Gasteiger charge is 2.36. The zero-order chi connectivity index (χ0) is 23.7. The largest absolute Gasteiger partial charge is 0.379 e. The van der Waals surface area contributed by atoms with Gasteiger partial charge in [-0.05, 0) is 62.6 Å². The molecule has 2 bridgehead atoms. The average molecular weight is 463 g/mol. The number of amides is 1. The van der Waals surface area contributed by atoms with E-state index in [0.29, 0.717) is 37.4 Å². The lowest BCUT2D eigenvalue weighted by Gasteiger charge is -2.42. The van der Waals surface area contributed by atoms with Crippen molar-refractivity contribution in [2.24, 2.45) is 5.92 Å². The van der Waals surface area contributed by atoms with E-state index >= 15 is 0 Å². The summed E-state index contributed by atoms with van der Waals surface area (Å²) in [5.74, 6) is 0.124. The SMILES string of the molecule is O=C(c1ccc(NCCC2=CCCCC2)c([N+](=O)[O-])c1)N1CC2CC(C1)c1cccc(=O)n1C2. The van der Waals surface area contributed by atoms with E-state index in [-0.39, 0.29) is 29.0 Å². The van der Waals surface area contributed by atoms with Gasteiger partial charge in [0, 0.05) is 55.5 Å². The smallest absolute Gasteiger partial charge is 0.293 e. The van der Waals surface area contributed by atoms with Crippen LogP contribution in [0.4, 0.5) is 11.4 Å². The van der Waals surface area contributed by atoms with Gasteiger partial charge in [-0.25, -0.2) is 0 Å². The van der Waals surface area contributed by atoms with Crippen molar-refractivity contribution in [2.75, 3.05) is 25.0 Å². The maximum atomic E-state index is 13.3. The fourth-order valence-corrected chi connectivity index (χ4v) is 5.70. The first-order valence-corrected chi connectivity index (χ1v) is 12.2. The maximum absolute atomic E-state index is 13.3. The van der Waals surface area contributed by atoms with Gasteiger partial charge in [-0.2, -0.15) is 0 Å². The Balaban J connectivity index is 1.30. The molecule has 1 saturated heterocycles. The third-order valence-electron chi connectivity index (χ3n) is 7.35. The molecule has 1 fully saturated rings. The van der Waals surface area contributed by atoms with E-state index in [1.54, 1.807) is 29.2 Å². The van der Waals surface area contributed by atoms with Crippen molar-refractivity contribution >= 4 is 17.3 Å². The summed E-state index contributed by atoms with van der Waals surface area (Å²) in [6.07, 6.45) is 8.78. The molecule has 1 aromatic carbocycles. The van der Waals surface area contributed by atoms with Gasteiger partial charge in [0.15, 0.2) is 0 Å². The van der Waals surface area contributed by atoms with E-state index in [2.05, 4.69) is 11.4 Å². The fourth-order valence-electron chi connectivity index (χ4n) is 5.70. The van der Waals surface area contributed by atoms with Crippen molar-refractivity contribution in [2.45, 2.75) is 51.0 Å². The minimum absolute atomic E-state index is 0.00506. The van der Waals surface area contributed by atoms with Gasteiger partial charge in [-0.3, -0.25) is 19.7 Å². The fraction of sp³-hybridized carbons (Fsp3) is 0.462. The van der Waals surface area contributed by atoms with Gasteiger partial charge in [-0.15, -0.1) is 0 Å². The van der Waals surface area contributed by atoms with Crippen LogP contribution in [0.15, 0.2) is 52.8 Å². The van der Waals surface area contributed by atoms with Gasteiger partial charge < -0.3 is 14.8 Å². The second kappa shape index (κ2) is 9.44. The monoisotopic (exact) mass is 462 g/mol. The zero-order valence-corrected chi connectivity index (χ0v) is 19.2. The van der Waals surface area contributed by atoms with Gasteiger partial charge in [0.25, 0.3) is 17.2 Å². The highest BCUT2D eigenvalue weighted by Crippen LogP contribution is 2.36. The van der Waals surface area contributed by atoms with Crippen LogP contribution in [0.25, 0.3) is 0 Å². The minimum Gasteiger partial charge on any atom is -0.379 e. The summed E-state index contributed by atoms with van der Waals surface area (Å²) < 4.78 is 1.83. The molecule has 1 N–H and O–H groups in total. The molecule has 0 radical (unpaired) electrons. The van der Waals surface area contributed by atoms with Gasteiger partial charge in [0.2, 0.25) is 0 Å². The van der Waals surface area contributed by atoms with Gasteiger partial charge >= 0.3 is 0 Å². The van der Waals surface area contributed by atoms with Crippen LogP contribution in [0.2, 0.25) is 0 Å². The number of likely N-dealkylation sites (tertiary alicyclic amines) is 1. The molecule has 0 saturated carbocycles. The number of nitro benzene ring substituents is 1. The highest BCUT2D eigenvalue weighted by molar-refractivity contribution is 5.96. The summed E-state index contributed by atoms with van der Waals surface area (Å²) in [6.45, 7) is 2.31. The van der Waals surface area contributed by atoms with E-state index in [0.717, 1.165) is 31.4 Å². The molecule has 0 spiro atoms. The number of pyridine rings is 1. The Morgan fingerprint density at radius 1 is 1.15 bits per heavy atom. The molecular formula is C26H30N4O4. The number of allylic oxidation sites excluding steroid dienone is 1. The van der Waals surface area contributed by atoms with Crippen LogP contribution in [0.3, 0.4) is 0 Å². The number of piperidine rings is 1. The summed E-state index contributed by atoms with van der Waals surface area (Å²) in [5, 5.41) is 15.0. The third-order valence-corrected chi connectivity index (χ3v) is 7.35. The minimum atomic E-state index is -0.424. The maximum Gasteiger partial charge on any atom is 0.293 e. The van der Waals surface area contributed by atoms with Crippen LogP contribution in [-0.2, 0) is 6.54 Å². The predicted molar refractivity (Wildman–Crippen MR) is 130 cm³/mol. The molecule has 5 rings (SSSR count). The molecule has 178 valence electrons. The number of nitrogens with one attached hydrogen (secondary N) is 1. The lowest BCUT2D eigenvalue weighted by atomic mass is 9.83. The Bertz CT molecular complexity index is 1200. The van der Waals surface area contributed by atoms with Crippen molar-refractivity contribution < 1.29 is 9.72 Å². The number of rotatable bonds is 6. The van der Waals surface area contributed by atoms with Crippen LogP contribution in [-0.4, -0.2) is 39.9 Å².